The minimum atomic E-state index is 0.110. The molecule has 2 rings (SSSR count). The Hall–Kier alpha value is -0.820. The van der Waals surface area contributed by atoms with Crippen LogP contribution < -0.4 is 10.6 Å². The van der Waals surface area contributed by atoms with Crippen LogP contribution in [0.2, 0.25) is 0 Å². The Labute approximate surface area is 166 Å². The Bertz CT molecular complexity index is 551. The lowest BCUT2D eigenvalue weighted by molar-refractivity contribution is -0.119. The Morgan fingerprint density at radius 2 is 2.15 bits per heavy atom. The number of aromatic nitrogens is 2. The van der Waals surface area contributed by atoms with Crippen molar-refractivity contribution in [2.45, 2.75) is 76.6 Å². The van der Waals surface area contributed by atoms with E-state index in [4.69, 9.17) is 0 Å². The van der Waals surface area contributed by atoms with Gasteiger partial charge >= 0.3 is 0 Å². The third-order valence-electron chi connectivity index (χ3n) is 5.63. The molecule has 5 nitrogen and oxygen atoms in total. The minimum Gasteiger partial charge on any atom is -0.360 e. The van der Waals surface area contributed by atoms with E-state index in [9.17, 15) is 4.79 Å². The quantitative estimate of drug-likeness (QED) is 0.437. The third-order valence-corrected chi connectivity index (χ3v) is 7.65. The second-order valence-corrected chi connectivity index (χ2v) is 9.89. The van der Waals surface area contributed by atoms with E-state index < -0.39 is 0 Å². The summed E-state index contributed by atoms with van der Waals surface area (Å²) in [7, 11) is 0. The van der Waals surface area contributed by atoms with Crippen molar-refractivity contribution in [3.63, 3.8) is 0 Å². The number of nitrogens with one attached hydrogen (secondary N) is 2. The number of hydrogen-bond acceptors (Lipinski definition) is 6. The maximum Gasteiger partial charge on any atom is 0.230 e. The first kappa shape index (κ1) is 21.5. The summed E-state index contributed by atoms with van der Waals surface area (Å²) in [5.74, 6) is 2.56. The monoisotopic (exact) mass is 398 g/mol. The molecule has 7 heteroatoms. The van der Waals surface area contributed by atoms with Gasteiger partial charge in [-0.05, 0) is 37.0 Å². The van der Waals surface area contributed by atoms with Crippen LogP contribution in [0.4, 0.5) is 5.13 Å². The molecular weight excluding hydrogens is 364 g/mol. The predicted molar refractivity (Wildman–Crippen MR) is 112 cm³/mol. The lowest BCUT2D eigenvalue weighted by atomic mass is 9.78. The summed E-state index contributed by atoms with van der Waals surface area (Å²) < 4.78 is 0.856. The Balaban J connectivity index is 1.66. The van der Waals surface area contributed by atoms with Crippen molar-refractivity contribution >= 4 is 34.1 Å². The molecule has 0 saturated heterocycles. The molecule has 148 valence electrons. The van der Waals surface area contributed by atoms with Gasteiger partial charge in [-0.25, -0.2) is 0 Å². The van der Waals surface area contributed by atoms with Crippen LogP contribution in [0.3, 0.4) is 0 Å². The van der Waals surface area contributed by atoms with E-state index in [2.05, 4.69) is 48.5 Å². The van der Waals surface area contributed by atoms with Crippen molar-refractivity contribution in [3.05, 3.63) is 0 Å². The summed E-state index contributed by atoms with van der Waals surface area (Å²) in [4.78, 5) is 12.3. The Morgan fingerprint density at radius 1 is 1.35 bits per heavy atom. The molecule has 0 aromatic carbocycles. The second-order valence-electron chi connectivity index (χ2n) is 7.69. The van der Waals surface area contributed by atoms with Gasteiger partial charge in [-0.15, -0.1) is 10.2 Å². The van der Waals surface area contributed by atoms with Gasteiger partial charge in [-0.2, -0.15) is 0 Å². The van der Waals surface area contributed by atoms with E-state index in [-0.39, 0.29) is 5.91 Å². The van der Waals surface area contributed by atoms with Gasteiger partial charge in [-0.3, -0.25) is 4.79 Å². The maximum atomic E-state index is 12.3. The molecule has 1 aromatic rings. The van der Waals surface area contributed by atoms with Crippen LogP contribution >= 0.6 is 23.1 Å². The van der Waals surface area contributed by atoms with Crippen LogP contribution in [-0.4, -0.2) is 34.4 Å². The largest absolute Gasteiger partial charge is 0.360 e. The number of nitrogens with zero attached hydrogens (tertiary/aromatic N) is 2. The molecule has 0 bridgehead atoms. The summed E-state index contributed by atoms with van der Waals surface area (Å²) in [6.07, 6.45) is 7.22. The fraction of sp³-hybridized carbons (Fsp3) is 0.842. The van der Waals surface area contributed by atoms with Gasteiger partial charge in [0.1, 0.15) is 0 Å². The van der Waals surface area contributed by atoms with E-state index in [1.807, 2.05) is 0 Å². The van der Waals surface area contributed by atoms with Crippen molar-refractivity contribution in [1.82, 2.24) is 15.5 Å². The molecule has 26 heavy (non-hydrogen) atoms. The van der Waals surface area contributed by atoms with Crippen LogP contribution in [0.1, 0.15) is 66.2 Å². The molecule has 1 amide bonds. The SMILES string of the molecule is CCC(C)CCCNc1nnc(SCC(=O)NC2CCCC(C)C2C)s1. The first-order valence-corrected chi connectivity index (χ1v) is 11.8. The van der Waals surface area contributed by atoms with E-state index in [1.165, 1.54) is 48.8 Å². The topological polar surface area (TPSA) is 66.9 Å². The summed E-state index contributed by atoms with van der Waals surface area (Å²) in [5.41, 5.74) is 0. The Morgan fingerprint density at radius 3 is 2.92 bits per heavy atom. The molecule has 0 aliphatic heterocycles. The van der Waals surface area contributed by atoms with E-state index >= 15 is 0 Å². The molecule has 1 fully saturated rings. The molecule has 1 saturated carbocycles. The molecule has 1 aliphatic rings. The molecule has 1 heterocycles. The van der Waals surface area contributed by atoms with E-state index in [1.54, 1.807) is 0 Å². The number of thioether (sulfide) groups is 1. The predicted octanol–water partition coefficient (Wildman–Crippen LogP) is 4.81. The van der Waals surface area contributed by atoms with Gasteiger partial charge in [0.05, 0.1) is 5.75 Å². The smallest absolute Gasteiger partial charge is 0.230 e. The molecule has 1 aliphatic carbocycles. The number of anilines is 1. The van der Waals surface area contributed by atoms with Crippen molar-refractivity contribution in [2.75, 3.05) is 17.6 Å². The molecular formula is C19H34N4OS2. The summed E-state index contributed by atoms with van der Waals surface area (Å²) in [5, 5.41) is 15.8. The average molecular weight is 399 g/mol. The standard InChI is InChI=1S/C19H34N4OS2/c1-5-13(2)8-7-11-20-18-22-23-19(26-18)25-12-17(24)21-16-10-6-9-14(3)15(16)4/h13-16H,5-12H2,1-4H3,(H,20,22)(H,21,24). The lowest BCUT2D eigenvalue weighted by Gasteiger charge is -2.34. The number of carbonyl (C=O) groups is 1. The van der Waals surface area contributed by atoms with Crippen molar-refractivity contribution in [1.29, 1.82) is 0 Å². The van der Waals surface area contributed by atoms with Crippen LogP contribution in [0, 0.1) is 17.8 Å². The molecule has 0 radical (unpaired) electrons. The van der Waals surface area contributed by atoms with Gasteiger partial charge in [0.2, 0.25) is 11.0 Å². The molecule has 1 aromatic heterocycles. The van der Waals surface area contributed by atoms with Crippen LogP contribution in [0.15, 0.2) is 4.34 Å². The average Bonchev–Trinajstić information content (AvgIpc) is 3.08. The third kappa shape index (κ3) is 7.06. The highest BCUT2D eigenvalue weighted by molar-refractivity contribution is 8.01. The molecule has 0 spiro atoms. The van der Waals surface area contributed by atoms with Crippen LogP contribution in [0.5, 0.6) is 0 Å². The van der Waals surface area contributed by atoms with Crippen molar-refractivity contribution in [3.8, 4) is 0 Å². The highest BCUT2D eigenvalue weighted by Gasteiger charge is 2.28. The van der Waals surface area contributed by atoms with Gasteiger partial charge in [-0.1, -0.05) is 70.1 Å². The van der Waals surface area contributed by atoms with E-state index in [0.29, 0.717) is 23.6 Å². The highest BCUT2D eigenvalue weighted by Crippen LogP contribution is 2.30. The summed E-state index contributed by atoms with van der Waals surface area (Å²) in [6, 6.07) is 0.323. The van der Waals surface area contributed by atoms with Crippen molar-refractivity contribution in [2.24, 2.45) is 17.8 Å². The maximum absolute atomic E-state index is 12.3. The first-order valence-electron chi connectivity index (χ1n) is 9.99. The zero-order chi connectivity index (χ0) is 18.9. The van der Waals surface area contributed by atoms with Crippen LogP contribution in [0.25, 0.3) is 0 Å². The number of carbonyl (C=O) groups excluding carboxylic acids is 1. The fourth-order valence-corrected chi connectivity index (χ4v) is 4.94. The molecule has 2 N–H and O–H groups in total. The number of hydrogen-bond donors (Lipinski definition) is 2. The molecule has 4 atom stereocenters. The summed E-state index contributed by atoms with van der Waals surface area (Å²) in [6.45, 7) is 10.0. The number of amides is 1. The van der Waals surface area contributed by atoms with Gasteiger partial charge in [0.25, 0.3) is 0 Å². The normalized spacial score (nSPS) is 24.2. The van der Waals surface area contributed by atoms with Gasteiger partial charge in [0.15, 0.2) is 4.34 Å². The highest BCUT2D eigenvalue weighted by atomic mass is 32.2. The number of rotatable bonds is 10. The summed E-state index contributed by atoms with van der Waals surface area (Å²) >= 11 is 3.02. The fourth-order valence-electron chi connectivity index (χ4n) is 3.35. The van der Waals surface area contributed by atoms with E-state index in [0.717, 1.165) is 34.8 Å². The van der Waals surface area contributed by atoms with Crippen molar-refractivity contribution < 1.29 is 4.79 Å². The first-order chi connectivity index (χ1) is 12.5. The van der Waals surface area contributed by atoms with Crippen LogP contribution in [-0.2, 0) is 4.79 Å². The second kappa shape index (κ2) is 11.1. The molecule has 4 unspecified atom stereocenters. The van der Waals surface area contributed by atoms with Gasteiger partial charge in [0, 0.05) is 12.6 Å². The minimum absolute atomic E-state index is 0.110. The lowest BCUT2D eigenvalue weighted by Crippen LogP contribution is -2.44. The van der Waals surface area contributed by atoms with Gasteiger partial charge < -0.3 is 10.6 Å². The Kier molecular flexibility index (Phi) is 9.19. The zero-order valence-electron chi connectivity index (χ0n) is 16.6. The zero-order valence-corrected chi connectivity index (χ0v) is 18.2.